The molecule has 1 aromatic carbocycles. The van der Waals surface area contributed by atoms with E-state index in [0.717, 1.165) is 5.56 Å². The van der Waals surface area contributed by atoms with Gasteiger partial charge in [-0.05, 0) is 24.6 Å². The Labute approximate surface area is 104 Å². The summed E-state index contributed by atoms with van der Waals surface area (Å²) in [7, 11) is 0. The molecule has 0 aliphatic carbocycles. The highest BCUT2D eigenvalue weighted by Gasteiger charge is 2.15. The Morgan fingerprint density at radius 3 is 2.88 bits per heavy atom. The third-order valence-corrected chi connectivity index (χ3v) is 2.71. The molecule has 90 valence electrons. The number of rotatable bonds is 2. The van der Waals surface area contributed by atoms with Crippen LogP contribution in [0.2, 0.25) is 5.02 Å². The van der Waals surface area contributed by atoms with Crippen LogP contribution >= 0.6 is 11.6 Å². The van der Waals surface area contributed by atoms with Crippen molar-refractivity contribution in [3.63, 3.8) is 0 Å². The molecule has 0 fully saturated rings. The van der Waals surface area contributed by atoms with Gasteiger partial charge in [-0.2, -0.15) is 0 Å². The molecule has 5 heteroatoms. The van der Waals surface area contributed by atoms with Gasteiger partial charge in [0.2, 0.25) is 5.76 Å². The Hall–Kier alpha value is -1.68. The summed E-state index contributed by atoms with van der Waals surface area (Å²) in [4.78, 5) is 11.7. The monoisotopic (exact) mass is 253 g/mol. The number of carbonyl (C=O) groups excluding carboxylic acids is 1. The first-order chi connectivity index (χ1) is 8.16. The molecule has 1 aliphatic heterocycles. The number of aryl methyl sites for hydroxylation is 1. The summed E-state index contributed by atoms with van der Waals surface area (Å²) >= 11 is 5.96. The zero-order valence-corrected chi connectivity index (χ0v) is 10.1. The van der Waals surface area contributed by atoms with Crippen molar-refractivity contribution in [3.05, 3.63) is 40.8 Å². The minimum Gasteiger partial charge on any atom is -0.494 e. The standard InChI is InChI=1S/C12H12ClNO3/c1-8-2-3-9(6-10(8)13)14-12(15)11-7-16-4-5-17-11/h2-3,6-7H,4-5H2,1H3,(H,14,15). The molecule has 1 aliphatic rings. The van der Waals surface area contributed by atoms with Crippen molar-refractivity contribution < 1.29 is 14.3 Å². The van der Waals surface area contributed by atoms with E-state index in [1.807, 2.05) is 13.0 Å². The molecule has 0 saturated carbocycles. The van der Waals surface area contributed by atoms with Gasteiger partial charge in [0.1, 0.15) is 19.5 Å². The topological polar surface area (TPSA) is 47.6 Å². The first-order valence-electron chi connectivity index (χ1n) is 5.19. The van der Waals surface area contributed by atoms with Gasteiger partial charge in [0.15, 0.2) is 0 Å². The van der Waals surface area contributed by atoms with Gasteiger partial charge in [-0.3, -0.25) is 4.79 Å². The van der Waals surface area contributed by atoms with Crippen molar-refractivity contribution >= 4 is 23.2 Å². The molecular weight excluding hydrogens is 242 g/mol. The van der Waals surface area contributed by atoms with Crippen LogP contribution in [0.25, 0.3) is 0 Å². The van der Waals surface area contributed by atoms with Gasteiger partial charge in [-0.1, -0.05) is 17.7 Å². The molecule has 0 atom stereocenters. The number of anilines is 1. The van der Waals surface area contributed by atoms with Gasteiger partial charge < -0.3 is 14.8 Å². The minimum absolute atomic E-state index is 0.174. The summed E-state index contributed by atoms with van der Waals surface area (Å²) in [6.45, 7) is 2.75. The predicted molar refractivity (Wildman–Crippen MR) is 64.8 cm³/mol. The fourth-order valence-electron chi connectivity index (χ4n) is 1.35. The van der Waals surface area contributed by atoms with Crippen molar-refractivity contribution in [1.82, 2.24) is 0 Å². The molecule has 4 nitrogen and oxygen atoms in total. The van der Waals surface area contributed by atoms with E-state index in [4.69, 9.17) is 21.1 Å². The normalized spacial score (nSPS) is 14.4. The van der Waals surface area contributed by atoms with Gasteiger partial charge in [-0.25, -0.2) is 0 Å². The second kappa shape index (κ2) is 5.10. The fourth-order valence-corrected chi connectivity index (χ4v) is 1.53. The third kappa shape index (κ3) is 2.91. The van der Waals surface area contributed by atoms with E-state index in [0.29, 0.717) is 23.9 Å². The van der Waals surface area contributed by atoms with E-state index in [9.17, 15) is 4.79 Å². The summed E-state index contributed by atoms with van der Waals surface area (Å²) in [6.07, 6.45) is 1.31. The summed E-state index contributed by atoms with van der Waals surface area (Å²) in [5, 5.41) is 3.29. The van der Waals surface area contributed by atoms with E-state index in [2.05, 4.69) is 5.32 Å². The van der Waals surface area contributed by atoms with Crippen LogP contribution in [0.4, 0.5) is 5.69 Å². The molecule has 0 aromatic heterocycles. The molecule has 0 spiro atoms. The average molecular weight is 254 g/mol. The molecule has 17 heavy (non-hydrogen) atoms. The average Bonchev–Trinajstić information content (AvgIpc) is 2.35. The lowest BCUT2D eigenvalue weighted by Crippen LogP contribution is -2.21. The SMILES string of the molecule is Cc1ccc(NC(=O)C2=COCCO2)cc1Cl. The number of nitrogens with one attached hydrogen (secondary N) is 1. The summed E-state index contributed by atoms with van der Waals surface area (Å²) in [5.41, 5.74) is 1.59. The Morgan fingerprint density at radius 2 is 2.24 bits per heavy atom. The van der Waals surface area contributed by atoms with Crippen LogP contribution in [-0.4, -0.2) is 19.1 Å². The molecule has 1 amide bonds. The van der Waals surface area contributed by atoms with Gasteiger partial charge in [-0.15, -0.1) is 0 Å². The number of hydrogen-bond acceptors (Lipinski definition) is 3. The van der Waals surface area contributed by atoms with E-state index in [1.165, 1.54) is 6.26 Å². The number of hydrogen-bond donors (Lipinski definition) is 1. The largest absolute Gasteiger partial charge is 0.494 e. The molecule has 2 rings (SSSR count). The van der Waals surface area contributed by atoms with E-state index < -0.39 is 0 Å². The van der Waals surface area contributed by atoms with Crippen molar-refractivity contribution in [3.8, 4) is 0 Å². The molecule has 1 N–H and O–H groups in total. The second-order valence-corrected chi connectivity index (χ2v) is 4.03. The maximum atomic E-state index is 11.7. The minimum atomic E-state index is -0.343. The Bertz CT molecular complexity index is 471. The van der Waals surface area contributed by atoms with Crippen LogP contribution in [-0.2, 0) is 14.3 Å². The zero-order valence-electron chi connectivity index (χ0n) is 9.33. The Kier molecular flexibility index (Phi) is 3.54. The van der Waals surface area contributed by atoms with Crippen LogP contribution in [0.3, 0.4) is 0 Å². The molecule has 1 heterocycles. The van der Waals surface area contributed by atoms with E-state index >= 15 is 0 Å². The highest BCUT2D eigenvalue weighted by molar-refractivity contribution is 6.31. The smallest absolute Gasteiger partial charge is 0.294 e. The van der Waals surface area contributed by atoms with Crippen molar-refractivity contribution in [2.24, 2.45) is 0 Å². The van der Waals surface area contributed by atoms with E-state index in [1.54, 1.807) is 12.1 Å². The highest BCUT2D eigenvalue weighted by Crippen LogP contribution is 2.20. The van der Waals surface area contributed by atoms with Crippen LogP contribution in [0, 0.1) is 6.92 Å². The fraction of sp³-hybridized carbons (Fsp3) is 0.250. The van der Waals surface area contributed by atoms with Gasteiger partial charge in [0, 0.05) is 10.7 Å². The number of benzene rings is 1. The molecule has 0 saturated heterocycles. The number of halogens is 1. The molecule has 1 aromatic rings. The van der Waals surface area contributed by atoms with Crippen LogP contribution in [0.15, 0.2) is 30.2 Å². The lowest BCUT2D eigenvalue weighted by molar-refractivity contribution is -0.117. The van der Waals surface area contributed by atoms with Crippen molar-refractivity contribution in [2.45, 2.75) is 6.92 Å². The summed E-state index contributed by atoms with van der Waals surface area (Å²) in [5.74, 6) is -0.169. The maximum absolute atomic E-state index is 11.7. The first-order valence-corrected chi connectivity index (χ1v) is 5.56. The molecule has 0 bridgehead atoms. The molecule has 0 unspecified atom stereocenters. The third-order valence-electron chi connectivity index (χ3n) is 2.30. The van der Waals surface area contributed by atoms with Crippen molar-refractivity contribution in [2.75, 3.05) is 18.5 Å². The van der Waals surface area contributed by atoms with Crippen LogP contribution in [0.5, 0.6) is 0 Å². The van der Waals surface area contributed by atoms with Gasteiger partial charge in [0.25, 0.3) is 5.91 Å². The molecule has 0 radical (unpaired) electrons. The Balaban J connectivity index is 2.07. The number of amides is 1. The summed E-state index contributed by atoms with van der Waals surface area (Å²) < 4.78 is 10.2. The van der Waals surface area contributed by atoms with Crippen molar-refractivity contribution in [1.29, 1.82) is 0 Å². The van der Waals surface area contributed by atoms with Crippen LogP contribution in [0.1, 0.15) is 5.56 Å². The second-order valence-electron chi connectivity index (χ2n) is 3.62. The highest BCUT2D eigenvalue weighted by atomic mass is 35.5. The zero-order chi connectivity index (χ0) is 12.3. The van der Waals surface area contributed by atoms with E-state index in [-0.39, 0.29) is 11.7 Å². The van der Waals surface area contributed by atoms with Gasteiger partial charge in [0.05, 0.1) is 0 Å². The Morgan fingerprint density at radius 1 is 1.41 bits per heavy atom. The lowest BCUT2D eigenvalue weighted by atomic mass is 10.2. The number of carbonyl (C=O) groups is 1. The number of ether oxygens (including phenoxy) is 2. The van der Waals surface area contributed by atoms with Crippen LogP contribution < -0.4 is 5.32 Å². The summed E-state index contributed by atoms with van der Waals surface area (Å²) in [6, 6.07) is 5.31. The van der Waals surface area contributed by atoms with Gasteiger partial charge >= 0.3 is 0 Å². The quantitative estimate of drug-likeness (QED) is 0.881. The maximum Gasteiger partial charge on any atom is 0.294 e. The first kappa shape index (κ1) is 11.8. The molecular formula is C12H12ClNO3. The lowest BCUT2D eigenvalue weighted by Gasteiger charge is -2.15. The predicted octanol–water partition coefficient (Wildman–Crippen LogP) is 2.48.